The number of benzene rings is 2. The highest BCUT2D eigenvalue weighted by Gasteiger charge is 2.17. The van der Waals surface area contributed by atoms with E-state index >= 15 is 0 Å². The lowest BCUT2D eigenvalue weighted by atomic mass is 10.1. The number of halogens is 1. The van der Waals surface area contributed by atoms with Gasteiger partial charge in [0.25, 0.3) is 5.56 Å². The highest BCUT2D eigenvalue weighted by atomic mass is 35.5. The molecule has 0 saturated carbocycles. The topological polar surface area (TPSA) is 64.0 Å². The highest BCUT2D eigenvalue weighted by molar-refractivity contribution is 8.00. The largest absolute Gasteiger partial charge is 0.325 e. The molecule has 1 heterocycles. The summed E-state index contributed by atoms with van der Waals surface area (Å²) in [6, 6.07) is 14.3. The fourth-order valence-electron chi connectivity index (χ4n) is 2.78. The van der Waals surface area contributed by atoms with Crippen molar-refractivity contribution in [2.24, 2.45) is 0 Å². The molecule has 0 aliphatic heterocycles. The maximum Gasteiger partial charge on any atom is 0.271 e. The summed E-state index contributed by atoms with van der Waals surface area (Å²) in [6.07, 6.45) is 0. The average molecular weight is 428 g/mol. The van der Waals surface area contributed by atoms with Crippen molar-refractivity contribution in [2.45, 2.75) is 38.0 Å². The van der Waals surface area contributed by atoms with Crippen LogP contribution in [0.15, 0.2) is 58.4 Å². The number of anilines is 1. The van der Waals surface area contributed by atoms with Gasteiger partial charge in [0.2, 0.25) is 5.91 Å². The number of aryl methyl sites for hydroxylation is 3. The number of nitrogens with one attached hydrogen (secondary N) is 1. The zero-order chi connectivity index (χ0) is 21.1. The quantitative estimate of drug-likeness (QED) is 0.586. The van der Waals surface area contributed by atoms with Gasteiger partial charge in [-0.3, -0.25) is 9.59 Å². The molecule has 7 heteroatoms. The van der Waals surface area contributed by atoms with Gasteiger partial charge in [0.05, 0.1) is 10.9 Å². The maximum atomic E-state index is 12.6. The Labute approximate surface area is 179 Å². The van der Waals surface area contributed by atoms with Crippen LogP contribution in [0.4, 0.5) is 5.69 Å². The van der Waals surface area contributed by atoms with Crippen LogP contribution in [0.1, 0.15) is 23.6 Å². The molecule has 29 heavy (non-hydrogen) atoms. The maximum absolute atomic E-state index is 12.6. The average Bonchev–Trinajstić information content (AvgIpc) is 2.67. The number of carbonyl (C=O) groups is 1. The van der Waals surface area contributed by atoms with Gasteiger partial charge in [0.1, 0.15) is 5.03 Å². The van der Waals surface area contributed by atoms with Crippen molar-refractivity contribution in [3.8, 4) is 5.69 Å². The van der Waals surface area contributed by atoms with Gasteiger partial charge in [-0.2, -0.15) is 9.78 Å². The molecular weight excluding hydrogens is 406 g/mol. The van der Waals surface area contributed by atoms with E-state index in [0.29, 0.717) is 15.7 Å². The van der Waals surface area contributed by atoms with Crippen molar-refractivity contribution in [3.05, 3.63) is 80.6 Å². The summed E-state index contributed by atoms with van der Waals surface area (Å²) < 4.78 is 1.29. The number of hydrogen-bond acceptors (Lipinski definition) is 4. The molecule has 0 radical (unpaired) electrons. The van der Waals surface area contributed by atoms with Crippen molar-refractivity contribution in [3.63, 3.8) is 0 Å². The van der Waals surface area contributed by atoms with Crippen LogP contribution < -0.4 is 10.9 Å². The minimum atomic E-state index is -0.393. The third kappa shape index (κ3) is 5.08. The molecule has 150 valence electrons. The molecule has 0 bridgehead atoms. The number of nitrogens with zero attached hydrogens (tertiary/aromatic N) is 2. The summed E-state index contributed by atoms with van der Waals surface area (Å²) >= 11 is 7.47. The molecule has 0 aliphatic rings. The first kappa shape index (κ1) is 21.1. The van der Waals surface area contributed by atoms with Crippen molar-refractivity contribution in [2.75, 3.05) is 5.32 Å². The van der Waals surface area contributed by atoms with Crippen LogP contribution in [0.25, 0.3) is 5.69 Å². The Kier molecular flexibility index (Phi) is 6.45. The van der Waals surface area contributed by atoms with Crippen LogP contribution in [0, 0.1) is 20.8 Å². The van der Waals surface area contributed by atoms with Gasteiger partial charge in [-0.05, 0) is 63.1 Å². The van der Waals surface area contributed by atoms with E-state index in [2.05, 4.69) is 10.4 Å². The van der Waals surface area contributed by atoms with Crippen LogP contribution in [0.3, 0.4) is 0 Å². The first-order valence-electron chi connectivity index (χ1n) is 9.16. The lowest BCUT2D eigenvalue weighted by molar-refractivity contribution is -0.115. The third-order valence-electron chi connectivity index (χ3n) is 4.48. The summed E-state index contributed by atoms with van der Waals surface area (Å²) in [6.45, 7) is 7.68. The van der Waals surface area contributed by atoms with Gasteiger partial charge in [-0.1, -0.05) is 47.1 Å². The van der Waals surface area contributed by atoms with Crippen LogP contribution in [-0.4, -0.2) is 20.9 Å². The van der Waals surface area contributed by atoms with E-state index in [1.807, 2.05) is 52.0 Å². The predicted molar refractivity (Wildman–Crippen MR) is 119 cm³/mol. The third-order valence-corrected chi connectivity index (χ3v) is 5.92. The van der Waals surface area contributed by atoms with Crippen molar-refractivity contribution >= 4 is 35.0 Å². The van der Waals surface area contributed by atoms with Gasteiger partial charge in [0.15, 0.2) is 0 Å². The highest BCUT2D eigenvalue weighted by Crippen LogP contribution is 2.24. The van der Waals surface area contributed by atoms with E-state index in [4.69, 9.17) is 11.6 Å². The molecule has 0 saturated heterocycles. The molecule has 2 aromatic carbocycles. The van der Waals surface area contributed by atoms with E-state index in [-0.39, 0.29) is 11.5 Å². The van der Waals surface area contributed by atoms with Crippen LogP contribution >= 0.6 is 23.4 Å². The Morgan fingerprint density at radius 3 is 2.52 bits per heavy atom. The fourth-order valence-corrected chi connectivity index (χ4v) is 3.76. The molecule has 1 amide bonds. The molecule has 1 atom stereocenters. The molecule has 0 aliphatic carbocycles. The number of hydrogen-bond donors (Lipinski definition) is 1. The SMILES string of the molecule is Cc1ccc(NC(=O)C(C)Sc2ccc(=O)n(-c3ccc(C)c(Cl)c3)n2)c(C)c1. The molecule has 1 unspecified atom stereocenters. The number of thioether (sulfide) groups is 1. The van der Waals surface area contributed by atoms with Crippen LogP contribution in [0.2, 0.25) is 5.02 Å². The van der Waals surface area contributed by atoms with Gasteiger partial charge in [-0.15, -0.1) is 0 Å². The Morgan fingerprint density at radius 1 is 1.07 bits per heavy atom. The van der Waals surface area contributed by atoms with E-state index < -0.39 is 5.25 Å². The van der Waals surface area contributed by atoms with E-state index in [1.165, 1.54) is 22.5 Å². The Bertz CT molecular complexity index is 1130. The van der Waals surface area contributed by atoms with E-state index in [9.17, 15) is 9.59 Å². The summed E-state index contributed by atoms with van der Waals surface area (Å²) in [5.74, 6) is -0.125. The van der Waals surface area contributed by atoms with Gasteiger partial charge < -0.3 is 5.32 Å². The Morgan fingerprint density at radius 2 is 1.83 bits per heavy atom. The smallest absolute Gasteiger partial charge is 0.271 e. The second-order valence-electron chi connectivity index (χ2n) is 6.92. The van der Waals surface area contributed by atoms with E-state index in [0.717, 1.165) is 22.4 Å². The Balaban J connectivity index is 1.78. The standard InChI is InChI=1S/C22H22ClN3O2S/c1-13-5-8-19(15(3)11-13)24-22(28)16(4)29-20-9-10-21(27)26(25-20)17-7-6-14(2)18(23)12-17/h5-12,16H,1-4H3,(H,24,28). The second-order valence-corrected chi connectivity index (χ2v) is 8.69. The summed E-state index contributed by atoms with van der Waals surface area (Å²) in [7, 11) is 0. The summed E-state index contributed by atoms with van der Waals surface area (Å²) in [5, 5.41) is 8.10. The number of rotatable bonds is 5. The number of aromatic nitrogens is 2. The number of amides is 1. The van der Waals surface area contributed by atoms with Gasteiger partial charge >= 0.3 is 0 Å². The molecule has 0 fully saturated rings. The lowest BCUT2D eigenvalue weighted by Gasteiger charge is -2.14. The van der Waals surface area contributed by atoms with Crippen molar-refractivity contribution < 1.29 is 4.79 Å². The second kappa shape index (κ2) is 8.84. The summed E-state index contributed by atoms with van der Waals surface area (Å²) in [4.78, 5) is 24.9. The molecule has 3 aromatic rings. The van der Waals surface area contributed by atoms with Gasteiger partial charge in [0, 0.05) is 16.8 Å². The minimum Gasteiger partial charge on any atom is -0.325 e. The molecule has 0 spiro atoms. The first-order valence-corrected chi connectivity index (χ1v) is 10.4. The molecule has 1 aromatic heterocycles. The molecule has 3 rings (SSSR count). The molecule has 1 N–H and O–H groups in total. The summed E-state index contributed by atoms with van der Waals surface area (Å²) in [5.41, 5.74) is 4.19. The molecular formula is C22H22ClN3O2S. The minimum absolute atomic E-state index is 0.125. The van der Waals surface area contributed by atoms with Crippen molar-refractivity contribution in [1.29, 1.82) is 0 Å². The predicted octanol–water partition coefficient (Wildman–Crippen LogP) is 4.93. The molecule has 5 nitrogen and oxygen atoms in total. The normalized spacial score (nSPS) is 11.9. The monoisotopic (exact) mass is 427 g/mol. The van der Waals surface area contributed by atoms with Gasteiger partial charge in [-0.25, -0.2) is 0 Å². The Hall–Kier alpha value is -2.57. The van der Waals surface area contributed by atoms with Crippen LogP contribution in [-0.2, 0) is 4.79 Å². The fraction of sp³-hybridized carbons (Fsp3) is 0.227. The van der Waals surface area contributed by atoms with E-state index in [1.54, 1.807) is 18.2 Å². The van der Waals surface area contributed by atoms with Crippen LogP contribution in [0.5, 0.6) is 0 Å². The number of carbonyl (C=O) groups excluding carboxylic acids is 1. The first-order chi connectivity index (χ1) is 13.7. The van der Waals surface area contributed by atoms with Crippen molar-refractivity contribution in [1.82, 2.24) is 9.78 Å². The lowest BCUT2D eigenvalue weighted by Crippen LogP contribution is -2.24. The zero-order valence-electron chi connectivity index (χ0n) is 16.7. The zero-order valence-corrected chi connectivity index (χ0v) is 18.3.